The van der Waals surface area contributed by atoms with E-state index in [1.165, 1.54) is 19.5 Å². The highest BCUT2D eigenvalue weighted by molar-refractivity contribution is 6.30. The van der Waals surface area contributed by atoms with E-state index in [0.29, 0.717) is 34.3 Å². The summed E-state index contributed by atoms with van der Waals surface area (Å²) in [5, 5.41) is 0.634. The maximum atomic E-state index is 12.9. The molecule has 8 nitrogen and oxygen atoms in total. The second-order valence-corrected chi connectivity index (χ2v) is 7.75. The van der Waals surface area contributed by atoms with Crippen LogP contribution < -0.4 is 5.56 Å². The number of methoxy groups -OCH3 is 1. The van der Waals surface area contributed by atoms with Crippen LogP contribution in [-0.2, 0) is 11.3 Å². The van der Waals surface area contributed by atoms with E-state index < -0.39 is 5.97 Å². The average Bonchev–Trinajstić information content (AvgIpc) is 3.27. The van der Waals surface area contributed by atoms with Gasteiger partial charge < -0.3 is 9.30 Å². The molecule has 0 spiro atoms. The number of benzene rings is 1. The average molecular weight is 452 g/mol. The molecule has 164 valence electrons. The molecule has 3 aromatic heterocycles. The van der Waals surface area contributed by atoms with Crippen molar-refractivity contribution < 1.29 is 9.53 Å². The van der Waals surface area contributed by atoms with Crippen molar-refractivity contribution in [1.82, 2.24) is 23.9 Å². The first-order chi connectivity index (χ1) is 15.5. The van der Waals surface area contributed by atoms with Crippen LogP contribution in [0.15, 0.2) is 53.7 Å². The third-order valence-corrected chi connectivity index (χ3v) is 5.41. The van der Waals surface area contributed by atoms with Gasteiger partial charge in [-0.05, 0) is 18.6 Å². The first-order valence-electron chi connectivity index (χ1n) is 10.3. The van der Waals surface area contributed by atoms with Crippen molar-refractivity contribution in [2.24, 2.45) is 0 Å². The number of aromatic nitrogens is 5. The molecule has 0 saturated carbocycles. The van der Waals surface area contributed by atoms with Gasteiger partial charge in [-0.3, -0.25) is 9.20 Å². The molecule has 4 rings (SSSR count). The minimum atomic E-state index is -0.617. The van der Waals surface area contributed by atoms with Crippen molar-refractivity contribution in [2.45, 2.75) is 32.7 Å². The predicted molar refractivity (Wildman–Crippen MR) is 122 cm³/mol. The number of halogens is 1. The number of carbonyl (C=O) groups is 1. The van der Waals surface area contributed by atoms with Crippen molar-refractivity contribution >= 4 is 23.3 Å². The Kier molecular flexibility index (Phi) is 6.32. The highest BCUT2D eigenvalue weighted by atomic mass is 35.5. The normalized spacial score (nSPS) is 11.1. The Morgan fingerprint density at radius 2 is 1.81 bits per heavy atom. The Hall–Kier alpha value is -3.52. The van der Waals surface area contributed by atoms with Crippen molar-refractivity contribution in [3.63, 3.8) is 0 Å². The highest BCUT2D eigenvalue weighted by Gasteiger charge is 2.16. The van der Waals surface area contributed by atoms with Crippen molar-refractivity contribution in [1.29, 1.82) is 0 Å². The third-order valence-electron chi connectivity index (χ3n) is 5.16. The quantitative estimate of drug-likeness (QED) is 0.308. The van der Waals surface area contributed by atoms with E-state index >= 15 is 0 Å². The van der Waals surface area contributed by atoms with Gasteiger partial charge in [-0.2, -0.15) is 0 Å². The fourth-order valence-electron chi connectivity index (χ4n) is 3.49. The van der Waals surface area contributed by atoms with Crippen LogP contribution in [0.3, 0.4) is 0 Å². The zero-order chi connectivity index (χ0) is 22.7. The first-order valence-corrected chi connectivity index (χ1v) is 10.7. The third kappa shape index (κ3) is 4.27. The topological polar surface area (TPSA) is 91.4 Å². The largest absolute Gasteiger partial charge is 0.463 e. The van der Waals surface area contributed by atoms with Gasteiger partial charge in [0, 0.05) is 47.4 Å². The van der Waals surface area contributed by atoms with Crippen molar-refractivity contribution in [3.05, 3.63) is 70.1 Å². The van der Waals surface area contributed by atoms with Gasteiger partial charge in [0.2, 0.25) is 11.6 Å². The summed E-state index contributed by atoms with van der Waals surface area (Å²) < 4.78 is 8.20. The van der Waals surface area contributed by atoms with Crippen molar-refractivity contribution in [3.8, 4) is 22.5 Å². The molecule has 0 aliphatic heterocycles. The zero-order valence-corrected chi connectivity index (χ0v) is 18.5. The molecular weight excluding hydrogens is 430 g/mol. The summed E-state index contributed by atoms with van der Waals surface area (Å²) in [6.45, 7) is 2.80. The number of aryl methyl sites for hydroxylation is 1. The van der Waals surface area contributed by atoms with Gasteiger partial charge in [0.15, 0.2) is 0 Å². The molecular formula is C23H22ClN5O3. The standard InChI is InChI=1S/C23H22ClN5O3/c1-3-4-5-10-28-19(16-12-25-21(26-13-16)22(31)32-2)11-20(30)29-14-18(27-23(28)29)15-6-8-17(24)9-7-15/h6-9,11-14H,3-5,10H2,1-2H3. The first kappa shape index (κ1) is 21.7. The summed E-state index contributed by atoms with van der Waals surface area (Å²) in [7, 11) is 1.27. The van der Waals surface area contributed by atoms with Gasteiger partial charge in [-0.25, -0.2) is 19.7 Å². The lowest BCUT2D eigenvalue weighted by Crippen LogP contribution is -2.19. The summed E-state index contributed by atoms with van der Waals surface area (Å²) in [6.07, 6.45) is 7.80. The number of hydrogen-bond acceptors (Lipinski definition) is 6. The summed E-state index contributed by atoms with van der Waals surface area (Å²) >= 11 is 6.01. The number of esters is 1. The molecule has 3 heterocycles. The van der Waals surface area contributed by atoms with Gasteiger partial charge in [-0.15, -0.1) is 0 Å². The molecule has 9 heteroatoms. The summed E-state index contributed by atoms with van der Waals surface area (Å²) in [5.41, 5.74) is 2.59. The monoisotopic (exact) mass is 451 g/mol. The SMILES string of the molecule is CCCCCn1c(-c2cnc(C(=O)OC)nc2)cc(=O)n2cc(-c3ccc(Cl)cc3)nc12. The fraction of sp³-hybridized carbons (Fsp3) is 0.261. The van der Waals surface area contributed by atoms with E-state index in [-0.39, 0.29) is 11.4 Å². The molecule has 1 aromatic carbocycles. The number of unbranched alkanes of at least 4 members (excludes halogenated alkanes) is 2. The molecule has 0 radical (unpaired) electrons. The van der Waals surface area contributed by atoms with E-state index in [2.05, 4.69) is 21.6 Å². The predicted octanol–water partition coefficient (Wildman–Crippen LogP) is 4.25. The van der Waals surface area contributed by atoms with E-state index in [4.69, 9.17) is 16.6 Å². The second kappa shape index (κ2) is 9.32. The van der Waals surface area contributed by atoms with Crippen LogP contribution >= 0.6 is 11.6 Å². The molecule has 0 bridgehead atoms. The molecule has 0 saturated heterocycles. The molecule has 0 unspecified atom stereocenters. The molecule has 0 N–H and O–H groups in total. The summed E-state index contributed by atoms with van der Waals surface area (Å²) in [4.78, 5) is 37.6. The number of hydrogen-bond donors (Lipinski definition) is 0. The number of ether oxygens (including phenoxy) is 1. The van der Waals surface area contributed by atoms with E-state index in [1.54, 1.807) is 28.8 Å². The molecule has 4 aromatic rings. The Balaban J connectivity index is 1.86. The lowest BCUT2D eigenvalue weighted by Gasteiger charge is -2.14. The van der Waals surface area contributed by atoms with Crippen LogP contribution in [0.25, 0.3) is 28.3 Å². The molecule has 0 fully saturated rings. The maximum Gasteiger partial charge on any atom is 0.376 e. The Labute approximate surface area is 189 Å². The summed E-state index contributed by atoms with van der Waals surface area (Å²) in [5.74, 6) is -0.123. The Bertz CT molecular complexity index is 1310. The maximum absolute atomic E-state index is 12.9. The molecule has 0 atom stereocenters. The van der Waals surface area contributed by atoms with Crippen molar-refractivity contribution in [2.75, 3.05) is 7.11 Å². The van der Waals surface area contributed by atoms with E-state index in [9.17, 15) is 9.59 Å². The number of rotatable bonds is 7. The number of imidazole rings is 1. The van der Waals surface area contributed by atoms with Crippen LogP contribution in [0.1, 0.15) is 36.8 Å². The van der Waals surface area contributed by atoms with Crippen LogP contribution in [0.4, 0.5) is 0 Å². The molecule has 0 amide bonds. The summed E-state index contributed by atoms with van der Waals surface area (Å²) in [6, 6.07) is 8.87. The van der Waals surface area contributed by atoms with Crippen LogP contribution in [-0.4, -0.2) is 37.0 Å². The molecule has 0 aliphatic carbocycles. The van der Waals surface area contributed by atoms with E-state index in [1.807, 2.05) is 16.7 Å². The molecule has 0 aliphatic rings. The minimum Gasteiger partial charge on any atom is -0.463 e. The van der Waals surface area contributed by atoms with Crippen LogP contribution in [0.2, 0.25) is 5.02 Å². The number of fused-ring (bicyclic) bond motifs is 1. The zero-order valence-electron chi connectivity index (χ0n) is 17.8. The fourth-order valence-corrected chi connectivity index (χ4v) is 3.62. The highest BCUT2D eigenvalue weighted by Crippen LogP contribution is 2.24. The minimum absolute atomic E-state index is 0.0388. The van der Waals surface area contributed by atoms with Crippen LogP contribution in [0.5, 0.6) is 0 Å². The smallest absolute Gasteiger partial charge is 0.376 e. The van der Waals surface area contributed by atoms with Crippen LogP contribution in [0, 0.1) is 0 Å². The van der Waals surface area contributed by atoms with Gasteiger partial charge in [0.25, 0.3) is 5.56 Å². The lowest BCUT2D eigenvalue weighted by atomic mass is 10.2. The second-order valence-electron chi connectivity index (χ2n) is 7.32. The molecule has 32 heavy (non-hydrogen) atoms. The Morgan fingerprint density at radius 1 is 1.09 bits per heavy atom. The van der Waals surface area contributed by atoms with E-state index in [0.717, 1.165) is 24.8 Å². The lowest BCUT2D eigenvalue weighted by molar-refractivity contribution is 0.0586. The van der Waals surface area contributed by atoms with Gasteiger partial charge >= 0.3 is 5.97 Å². The van der Waals surface area contributed by atoms with Gasteiger partial charge in [-0.1, -0.05) is 43.5 Å². The Morgan fingerprint density at radius 3 is 2.47 bits per heavy atom. The number of carbonyl (C=O) groups excluding carboxylic acids is 1. The van der Waals surface area contributed by atoms with Gasteiger partial charge in [0.1, 0.15) is 0 Å². The number of nitrogens with zero attached hydrogens (tertiary/aromatic N) is 5. The van der Waals surface area contributed by atoms with Gasteiger partial charge in [0.05, 0.1) is 18.5 Å².